The molecule has 0 atom stereocenters. The fourth-order valence-electron chi connectivity index (χ4n) is 2.73. The second-order valence-electron chi connectivity index (χ2n) is 6.38. The molecule has 0 fully saturated rings. The van der Waals surface area contributed by atoms with Crippen molar-refractivity contribution in [2.24, 2.45) is 0 Å². The predicted octanol–water partition coefficient (Wildman–Crippen LogP) is 4.30. The molecule has 1 N–H and O–H groups in total. The Balaban J connectivity index is 1.66. The van der Waals surface area contributed by atoms with Crippen LogP contribution in [0.25, 0.3) is 0 Å². The van der Waals surface area contributed by atoms with Crippen LogP contribution in [0.4, 0.5) is 5.69 Å². The number of carbonyl (C=O) groups excluding carboxylic acids is 2. The van der Waals surface area contributed by atoms with Gasteiger partial charge in [-0.1, -0.05) is 23.7 Å². The molecule has 1 aromatic heterocycles. The van der Waals surface area contributed by atoms with Crippen molar-refractivity contribution in [3.8, 4) is 0 Å². The lowest BCUT2D eigenvalue weighted by Gasteiger charge is -2.17. The van der Waals surface area contributed by atoms with Crippen LogP contribution in [0, 0.1) is 0 Å². The zero-order chi connectivity index (χ0) is 19.9. The number of rotatable bonds is 6. The van der Waals surface area contributed by atoms with Gasteiger partial charge in [-0.25, -0.2) is 0 Å². The Morgan fingerprint density at radius 2 is 1.71 bits per heavy atom. The molecule has 0 aliphatic rings. The highest BCUT2D eigenvalue weighted by Gasteiger charge is 2.14. The summed E-state index contributed by atoms with van der Waals surface area (Å²) in [5.41, 5.74) is 2.59. The van der Waals surface area contributed by atoms with Crippen LogP contribution in [0.1, 0.15) is 26.3 Å². The maximum Gasteiger partial charge on any atom is 0.255 e. The monoisotopic (exact) mass is 393 g/mol. The average molecular weight is 394 g/mol. The van der Waals surface area contributed by atoms with E-state index in [1.54, 1.807) is 72.9 Å². The van der Waals surface area contributed by atoms with Crippen LogP contribution in [0.5, 0.6) is 0 Å². The quantitative estimate of drug-likeness (QED) is 0.679. The molecule has 0 saturated heterocycles. The fourth-order valence-corrected chi connectivity index (χ4v) is 2.92. The van der Waals surface area contributed by atoms with Crippen molar-refractivity contribution in [2.75, 3.05) is 18.9 Å². The van der Waals surface area contributed by atoms with Crippen molar-refractivity contribution in [3.05, 3.63) is 94.8 Å². The topological polar surface area (TPSA) is 62.3 Å². The summed E-state index contributed by atoms with van der Waals surface area (Å²) in [4.78, 5) is 30.8. The normalized spacial score (nSPS) is 10.4. The summed E-state index contributed by atoms with van der Waals surface area (Å²) in [6, 6.07) is 17.5. The smallest absolute Gasteiger partial charge is 0.255 e. The largest absolute Gasteiger partial charge is 0.341 e. The molecule has 1 heterocycles. The SMILES string of the molecule is CN(CCc1ccncc1)C(=O)c1cccc(C(=O)Nc2cccc(Cl)c2)c1. The van der Waals surface area contributed by atoms with Crippen molar-refractivity contribution < 1.29 is 9.59 Å². The number of pyridine rings is 1. The minimum atomic E-state index is -0.295. The lowest BCUT2D eigenvalue weighted by atomic mass is 10.1. The van der Waals surface area contributed by atoms with Gasteiger partial charge < -0.3 is 10.2 Å². The van der Waals surface area contributed by atoms with Crippen molar-refractivity contribution in [1.82, 2.24) is 9.88 Å². The number of hydrogen-bond donors (Lipinski definition) is 1. The highest BCUT2D eigenvalue weighted by atomic mass is 35.5. The third-order valence-corrected chi connectivity index (χ3v) is 4.52. The lowest BCUT2D eigenvalue weighted by Crippen LogP contribution is -2.29. The maximum absolute atomic E-state index is 12.7. The molecule has 28 heavy (non-hydrogen) atoms. The number of hydrogen-bond acceptors (Lipinski definition) is 3. The van der Waals surface area contributed by atoms with Gasteiger partial charge in [0.05, 0.1) is 0 Å². The van der Waals surface area contributed by atoms with Gasteiger partial charge in [-0.05, 0) is 60.5 Å². The Bertz CT molecular complexity index is 976. The summed E-state index contributed by atoms with van der Waals surface area (Å²) in [6.45, 7) is 0.571. The Kier molecular flexibility index (Phi) is 6.40. The number of nitrogens with one attached hydrogen (secondary N) is 1. The molecule has 0 aliphatic heterocycles. The lowest BCUT2D eigenvalue weighted by molar-refractivity contribution is 0.0796. The van der Waals surface area contributed by atoms with E-state index in [2.05, 4.69) is 10.3 Å². The summed E-state index contributed by atoms with van der Waals surface area (Å²) >= 11 is 5.94. The molecule has 0 spiro atoms. The molecule has 142 valence electrons. The van der Waals surface area contributed by atoms with E-state index in [-0.39, 0.29) is 11.8 Å². The van der Waals surface area contributed by atoms with E-state index < -0.39 is 0 Å². The summed E-state index contributed by atoms with van der Waals surface area (Å²) in [5.74, 6) is -0.428. The first kappa shape index (κ1) is 19.6. The van der Waals surface area contributed by atoms with E-state index in [4.69, 9.17) is 11.6 Å². The summed E-state index contributed by atoms with van der Waals surface area (Å²) in [5, 5.41) is 3.33. The summed E-state index contributed by atoms with van der Waals surface area (Å²) < 4.78 is 0. The van der Waals surface area contributed by atoms with Crippen LogP contribution >= 0.6 is 11.6 Å². The van der Waals surface area contributed by atoms with E-state index in [1.165, 1.54) is 0 Å². The number of amides is 2. The number of anilines is 1. The molecule has 0 radical (unpaired) electrons. The van der Waals surface area contributed by atoms with Crippen molar-refractivity contribution >= 4 is 29.1 Å². The molecule has 6 heteroatoms. The number of halogens is 1. The fraction of sp³-hybridized carbons (Fsp3) is 0.136. The van der Waals surface area contributed by atoms with Gasteiger partial charge in [0.25, 0.3) is 11.8 Å². The number of likely N-dealkylation sites (N-methyl/N-ethyl adjacent to an activating group) is 1. The van der Waals surface area contributed by atoms with E-state index in [1.807, 2.05) is 12.1 Å². The standard InChI is InChI=1S/C22H20ClN3O2/c1-26(13-10-16-8-11-24-12-9-16)22(28)18-5-2-4-17(14-18)21(27)25-20-7-3-6-19(23)15-20/h2-9,11-12,14-15H,10,13H2,1H3,(H,25,27). The molecule has 3 rings (SSSR count). The average Bonchev–Trinajstić information content (AvgIpc) is 2.72. The zero-order valence-electron chi connectivity index (χ0n) is 15.4. The van der Waals surface area contributed by atoms with Crippen LogP contribution in [0.2, 0.25) is 5.02 Å². The molecule has 3 aromatic rings. The van der Waals surface area contributed by atoms with Gasteiger partial charge in [0.2, 0.25) is 0 Å². The number of benzene rings is 2. The van der Waals surface area contributed by atoms with E-state index in [0.29, 0.717) is 28.4 Å². The van der Waals surface area contributed by atoms with E-state index in [0.717, 1.165) is 12.0 Å². The van der Waals surface area contributed by atoms with Gasteiger partial charge in [-0.3, -0.25) is 14.6 Å². The minimum Gasteiger partial charge on any atom is -0.341 e. The molecular formula is C22H20ClN3O2. The van der Waals surface area contributed by atoms with Crippen LogP contribution in [0.15, 0.2) is 73.1 Å². The molecule has 5 nitrogen and oxygen atoms in total. The number of carbonyl (C=O) groups is 2. The highest BCUT2D eigenvalue weighted by molar-refractivity contribution is 6.31. The van der Waals surface area contributed by atoms with Gasteiger partial charge in [0.1, 0.15) is 0 Å². The van der Waals surface area contributed by atoms with E-state index in [9.17, 15) is 9.59 Å². The van der Waals surface area contributed by atoms with Crippen molar-refractivity contribution in [1.29, 1.82) is 0 Å². The van der Waals surface area contributed by atoms with E-state index >= 15 is 0 Å². The number of nitrogens with zero attached hydrogens (tertiary/aromatic N) is 2. The Labute approximate surface area is 169 Å². The van der Waals surface area contributed by atoms with Crippen molar-refractivity contribution in [2.45, 2.75) is 6.42 Å². The molecule has 2 aromatic carbocycles. The van der Waals surface area contributed by atoms with Gasteiger partial charge >= 0.3 is 0 Å². The third-order valence-electron chi connectivity index (χ3n) is 4.29. The second-order valence-corrected chi connectivity index (χ2v) is 6.81. The first-order valence-corrected chi connectivity index (χ1v) is 9.22. The molecule has 0 aliphatic carbocycles. The molecule has 0 unspecified atom stereocenters. The maximum atomic E-state index is 12.7. The predicted molar refractivity (Wildman–Crippen MR) is 111 cm³/mol. The molecule has 0 saturated carbocycles. The number of aromatic nitrogens is 1. The van der Waals surface area contributed by atoms with Crippen LogP contribution in [0.3, 0.4) is 0 Å². The van der Waals surface area contributed by atoms with Gasteiger partial charge in [-0.15, -0.1) is 0 Å². The third kappa shape index (κ3) is 5.18. The molecule has 2 amide bonds. The summed E-state index contributed by atoms with van der Waals surface area (Å²) in [6.07, 6.45) is 4.21. The zero-order valence-corrected chi connectivity index (χ0v) is 16.2. The Morgan fingerprint density at radius 1 is 1.00 bits per heavy atom. The van der Waals surface area contributed by atoms with Crippen LogP contribution in [-0.2, 0) is 6.42 Å². The molecule has 0 bridgehead atoms. The van der Waals surface area contributed by atoms with Gasteiger partial charge in [0, 0.05) is 47.8 Å². The first-order chi connectivity index (χ1) is 13.5. The van der Waals surface area contributed by atoms with Crippen LogP contribution < -0.4 is 5.32 Å². The second kappa shape index (κ2) is 9.15. The highest BCUT2D eigenvalue weighted by Crippen LogP contribution is 2.16. The van der Waals surface area contributed by atoms with Crippen molar-refractivity contribution in [3.63, 3.8) is 0 Å². The van der Waals surface area contributed by atoms with Crippen LogP contribution in [-0.4, -0.2) is 35.3 Å². The minimum absolute atomic E-state index is 0.133. The first-order valence-electron chi connectivity index (χ1n) is 8.84. The Hall–Kier alpha value is -3.18. The summed E-state index contributed by atoms with van der Waals surface area (Å²) in [7, 11) is 1.75. The van der Waals surface area contributed by atoms with Gasteiger partial charge in [0.15, 0.2) is 0 Å². The molecular weight excluding hydrogens is 374 g/mol. The Morgan fingerprint density at radius 3 is 2.46 bits per heavy atom. The van der Waals surface area contributed by atoms with Gasteiger partial charge in [-0.2, -0.15) is 0 Å².